The van der Waals surface area contributed by atoms with E-state index in [1.54, 1.807) is 0 Å². The van der Waals surface area contributed by atoms with Crippen molar-refractivity contribution in [2.45, 2.75) is 31.9 Å². The van der Waals surface area contributed by atoms with E-state index in [1.807, 2.05) is 0 Å². The first-order valence-electron chi connectivity index (χ1n) is 6.60. The van der Waals surface area contributed by atoms with Gasteiger partial charge in [-0.1, -0.05) is 0 Å². The first kappa shape index (κ1) is 14.9. The van der Waals surface area contributed by atoms with E-state index in [0.717, 1.165) is 13.0 Å². The summed E-state index contributed by atoms with van der Waals surface area (Å²) in [6.45, 7) is 0.0323. The summed E-state index contributed by atoms with van der Waals surface area (Å²) in [5.41, 5.74) is -0.779. The Kier molecular flexibility index (Phi) is 4.39. The smallest absolute Gasteiger partial charge is 0.319 e. The quantitative estimate of drug-likeness (QED) is 0.775. The van der Waals surface area contributed by atoms with Gasteiger partial charge in [-0.15, -0.1) is 0 Å². The van der Waals surface area contributed by atoms with Crippen molar-refractivity contribution in [3.05, 3.63) is 23.5 Å². The average molecular weight is 287 g/mol. The number of aromatic nitrogens is 1. The van der Waals surface area contributed by atoms with Gasteiger partial charge in [-0.25, -0.2) is 0 Å². The van der Waals surface area contributed by atoms with Gasteiger partial charge in [0.15, 0.2) is 0 Å². The molecule has 1 saturated heterocycles. The predicted molar refractivity (Wildman–Crippen MR) is 69.8 cm³/mol. The zero-order valence-electron chi connectivity index (χ0n) is 11.3. The monoisotopic (exact) mass is 287 g/mol. The molecule has 20 heavy (non-hydrogen) atoms. The van der Waals surface area contributed by atoms with Crippen molar-refractivity contribution in [3.63, 3.8) is 0 Å². The number of halogens is 2. The van der Waals surface area contributed by atoms with Crippen molar-refractivity contribution in [2.75, 3.05) is 19.6 Å². The summed E-state index contributed by atoms with van der Waals surface area (Å²) >= 11 is 0. The predicted octanol–water partition coefficient (Wildman–Crippen LogP) is 1.04. The molecule has 7 heteroatoms. The van der Waals surface area contributed by atoms with E-state index < -0.39 is 18.1 Å². The molecule has 112 valence electrons. The molecule has 0 spiro atoms. The average Bonchev–Trinajstić information content (AvgIpc) is 2.79. The Hall–Kier alpha value is -1.47. The van der Waals surface area contributed by atoms with Crippen molar-refractivity contribution in [1.82, 2.24) is 15.2 Å². The fourth-order valence-electron chi connectivity index (χ4n) is 2.43. The van der Waals surface area contributed by atoms with Gasteiger partial charge < -0.3 is 15.7 Å². The Morgan fingerprint density at radius 1 is 1.60 bits per heavy atom. The molecule has 2 heterocycles. The molecule has 1 fully saturated rings. The molecule has 0 aliphatic carbocycles. The standard InChI is InChI=1S/C13H19F2N3O2/c1-9-3-4-10(18(9)12(14)15)11(19)17-8-13(20)5-2-6-16-7-13/h3-4,12,16,20H,2,5-8H2,1H3,(H,17,19)/t13-/m1/s1. The van der Waals surface area contributed by atoms with Crippen LogP contribution >= 0.6 is 0 Å². The van der Waals surface area contributed by atoms with E-state index in [2.05, 4.69) is 10.6 Å². The Morgan fingerprint density at radius 2 is 2.35 bits per heavy atom. The molecule has 0 unspecified atom stereocenters. The number of nitrogens with zero attached hydrogens (tertiary/aromatic N) is 1. The van der Waals surface area contributed by atoms with E-state index in [1.165, 1.54) is 19.1 Å². The number of carbonyl (C=O) groups excluding carboxylic acids is 1. The van der Waals surface area contributed by atoms with Crippen LogP contribution in [0, 0.1) is 6.92 Å². The lowest BCUT2D eigenvalue weighted by atomic mass is 9.94. The van der Waals surface area contributed by atoms with Crippen LogP contribution in [-0.2, 0) is 0 Å². The second-order valence-corrected chi connectivity index (χ2v) is 5.19. The molecule has 1 amide bonds. The molecular formula is C13H19F2N3O2. The topological polar surface area (TPSA) is 66.3 Å². The van der Waals surface area contributed by atoms with Gasteiger partial charge in [0, 0.05) is 18.8 Å². The van der Waals surface area contributed by atoms with Crippen LogP contribution in [0.5, 0.6) is 0 Å². The van der Waals surface area contributed by atoms with Crippen molar-refractivity contribution in [1.29, 1.82) is 0 Å². The third-order valence-corrected chi connectivity index (χ3v) is 3.58. The summed E-state index contributed by atoms with van der Waals surface area (Å²) in [4.78, 5) is 12.0. The number of carbonyl (C=O) groups is 1. The molecule has 1 aliphatic heterocycles. The molecule has 0 aromatic carbocycles. The SMILES string of the molecule is Cc1ccc(C(=O)NC[C@@]2(O)CCCNC2)n1C(F)F. The summed E-state index contributed by atoms with van der Waals surface area (Å²) < 4.78 is 26.4. The molecule has 3 N–H and O–H groups in total. The number of hydrogen-bond acceptors (Lipinski definition) is 3. The largest absolute Gasteiger partial charge is 0.387 e. The van der Waals surface area contributed by atoms with Crippen LogP contribution in [0.2, 0.25) is 0 Å². The Morgan fingerprint density at radius 3 is 2.95 bits per heavy atom. The van der Waals surface area contributed by atoms with Crippen LogP contribution < -0.4 is 10.6 Å². The van der Waals surface area contributed by atoms with E-state index in [9.17, 15) is 18.7 Å². The van der Waals surface area contributed by atoms with Gasteiger partial charge in [0.05, 0.1) is 5.60 Å². The van der Waals surface area contributed by atoms with Crippen LogP contribution in [0.25, 0.3) is 0 Å². The highest BCUT2D eigenvalue weighted by atomic mass is 19.3. The number of β-amino-alcohol motifs (C(OH)–C–C–N with tert-alkyl or cyclic N) is 1. The second kappa shape index (κ2) is 5.88. The minimum absolute atomic E-state index is 0.0479. The first-order valence-corrected chi connectivity index (χ1v) is 6.60. The van der Waals surface area contributed by atoms with Crippen LogP contribution in [0.1, 0.15) is 35.6 Å². The summed E-state index contributed by atoms with van der Waals surface area (Å²) in [6.07, 6.45) is 1.40. The van der Waals surface area contributed by atoms with Gasteiger partial charge >= 0.3 is 6.55 Å². The first-order chi connectivity index (χ1) is 9.43. The summed E-state index contributed by atoms with van der Waals surface area (Å²) in [7, 11) is 0. The van der Waals surface area contributed by atoms with Gasteiger partial charge in [0.1, 0.15) is 5.69 Å². The molecule has 0 radical (unpaired) electrons. The Balaban J connectivity index is 2.02. The molecule has 1 aliphatic rings. The minimum atomic E-state index is -2.76. The van der Waals surface area contributed by atoms with Crippen LogP contribution in [0.4, 0.5) is 8.78 Å². The molecule has 0 bridgehead atoms. The third-order valence-electron chi connectivity index (χ3n) is 3.58. The van der Waals surface area contributed by atoms with Gasteiger partial charge in [0.2, 0.25) is 0 Å². The summed E-state index contributed by atoms with van der Waals surface area (Å²) in [6, 6.07) is 2.83. The highest BCUT2D eigenvalue weighted by molar-refractivity contribution is 5.93. The van der Waals surface area contributed by atoms with Crippen LogP contribution in [0.3, 0.4) is 0 Å². The maximum absolute atomic E-state index is 12.9. The van der Waals surface area contributed by atoms with Crippen molar-refractivity contribution < 1.29 is 18.7 Å². The van der Waals surface area contributed by atoms with E-state index in [4.69, 9.17) is 0 Å². The van der Waals surface area contributed by atoms with Crippen LogP contribution in [0.15, 0.2) is 12.1 Å². The third kappa shape index (κ3) is 3.16. The van der Waals surface area contributed by atoms with Gasteiger partial charge in [0.25, 0.3) is 5.91 Å². The number of piperidine rings is 1. The van der Waals surface area contributed by atoms with Crippen molar-refractivity contribution >= 4 is 5.91 Å². The van der Waals surface area contributed by atoms with E-state index in [-0.39, 0.29) is 12.2 Å². The second-order valence-electron chi connectivity index (χ2n) is 5.19. The molecule has 1 aromatic heterocycles. The molecule has 1 atom stereocenters. The number of alkyl halides is 2. The number of aryl methyl sites for hydroxylation is 1. The lowest BCUT2D eigenvalue weighted by Crippen LogP contribution is -2.52. The molecule has 2 rings (SSSR count). The highest BCUT2D eigenvalue weighted by Crippen LogP contribution is 2.19. The maximum Gasteiger partial charge on any atom is 0.319 e. The van der Waals surface area contributed by atoms with Gasteiger partial charge in [-0.05, 0) is 38.4 Å². The molecule has 5 nitrogen and oxygen atoms in total. The maximum atomic E-state index is 12.9. The lowest BCUT2D eigenvalue weighted by molar-refractivity contribution is 0.0165. The molecule has 0 saturated carbocycles. The van der Waals surface area contributed by atoms with Crippen molar-refractivity contribution in [2.24, 2.45) is 0 Å². The fraction of sp³-hybridized carbons (Fsp3) is 0.615. The van der Waals surface area contributed by atoms with Gasteiger partial charge in [-0.2, -0.15) is 8.78 Å². The molecule has 1 aromatic rings. The van der Waals surface area contributed by atoms with E-state index in [0.29, 0.717) is 23.2 Å². The molecular weight excluding hydrogens is 268 g/mol. The van der Waals surface area contributed by atoms with Gasteiger partial charge in [-0.3, -0.25) is 9.36 Å². The van der Waals surface area contributed by atoms with E-state index >= 15 is 0 Å². The number of aliphatic hydroxyl groups is 1. The normalized spacial score (nSPS) is 23.1. The Bertz CT molecular complexity index is 482. The number of amides is 1. The zero-order valence-corrected chi connectivity index (χ0v) is 11.3. The lowest BCUT2D eigenvalue weighted by Gasteiger charge is -2.32. The minimum Gasteiger partial charge on any atom is -0.387 e. The number of rotatable bonds is 4. The van der Waals surface area contributed by atoms with Crippen molar-refractivity contribution in [3.8, 4) is 0 Å². The number of hydrogen-bond donors (Lipinski definition) is 3. The summed E-state index contributed by atoms with van der Waals surface area (Å²) in [5, 5.41) is 15.8. The highest BCUT2D eigenvalue weighted by Gasteiger charge is 2.30. The Labute approximate surface area is 116 Å². The zero-order chi connectivity index (χ0) is 14.8. The number of nitrogens with one attached hydrogen (secondary N) is 2. The van der Waals surface area contributed by atoms with Crippen LogP contribution in [-0.4, -0.2) is 40.8 Å². The fourth-order valence-corrected chi connectivity index (χ4v) is 2.43. The summed E-state index contributed by atoms with van der Waals surface area (Å²) in [5.74, 6) is -0.600.